The van der Waals surface area contributed by atoms with E-state index in [0.29, 0.717) is 10.6 Å². The molecule has 3 N–H and O–H groups in total. The van der Waals surface area contributed by atoms with E-state index in [1.807, 2.05) is 0 Å². The number of rotatable bonds is 2. The van der Waals surface area contributed by atoms with Crippen molar-refractivity contribution in [2.24, 2.45) is 5.73 Å². The number of benzene rings is 1. The highest BCUT2D eigenvalue weighted by Gasteiger charge is 2.15. The Kier molecular flexibility index (Phi) is 2.90. The third kappa shape index (κ3) is 1.99. The van der Waals surface area contributed by atoms with Crippen molar-refractivity contribution in [3.05, 3.63) is 34.3 Å². The van der Waals surface area contributed by atoms with Gasteiger partial charge < -0.3 is 10.8 Å². The first kappa shape index (κ1) is 10.0. The maximum atomic E-state index is 10.8. The van der Waals surface area contributed by atoms with Gasteiger partial charge in [0, 0.05) is 16.6 Å². The average Bonchev–Trinajstić information content (AvgIpc) is 2.02. The molecule has 0 amide bonds. The number of aromatic carboxylic acids is 1. The van der Waals surface area contributed by atoms with Gasteiger partial charge in [0.05, 0.1) is 5.56 Å². The minimum atomic E-state index is -1.00. The zero-order valence-electron chi connectivity index (χ0n) is 7.12. The molecule has 0 aliphatic heterocycles. The predicted octanol–water partition coefficient (Wildman–Crippen LogP) is 2.06. The fourth-order valence-corrected chi connectivity index (χ4v) is 1.53. The number of nitrogens with two attached hydrogens (primary N) is 1. The van der Waals surface area contributed by atoms with Gasteiger partial charge in [-0.05, 0) is 19.1 Å². The molecule has 0 saturated carbocycles. The van der Waals surface area contributed by atoms with E-state index >= 15 is 0 Å². The van der Waals surface area contributed by atoms with Gasteiger partial charge in [0.15, 0.2) is 0 Å². The molecular formula is C9H10ClNO2. The SMILES string of the molecule is C[C@H](N)c1c(Cl)cccc1C(=O)O. The maximum absolute atomic E-state index is 10.8. The van der Waals surface area contributed by atoms with Crippen LogP contribution in [0.5, 0.6) is 0 Å². The number of carboxylic acids is 1. The lowest BCUT2D eigenvalue weighted by Crippen LogP contribution is -2.12. The monoisotopic (exact) mass is 199 g/mol. The van der Waals surface area contributed by atoms with Crippen LogP contribution in [-0.2, 0) is 0 Å². The van der Waals surface area contributed by atoms with Gasteiger partial charge in [-0.25, -0.2) is 4.79 Å². The summed E-state index contributed by atoms with van der Waals surface area (Å²) in [5, 5.41) is 9.22. The topological polar surface area (TPSA) is 63.3 Å². The van der Waals surface area contributed by atoms with Crippen LogP contribution in [0.3, 0.4) is 0 Å². The van der Waals surface area contributed by atoms with Crippen molar-refractivity contribution in [1.29, 1.82) is 0 Å². The van der Waals surface area contributed by atoms with Crippen molar-refractivity contribution >= 4 is 17.6 Å². The molecule has 0 heterocycles. The summed E-state index contributed by atoms with van der Waals surface area (Å²) in [5.41, 5.74) is 6.26. The van der Waals surface area contributed by atoms with Gasteiger partial charge in [-0.2, -0.15) is 0 Å². The number of hydrogen-bond donors (Lipinski definition) is 2. The van der Waals surface area contributed by atoms with E-state index in [1.165, 1.54) is 6.07 Å². The van der Waals surface area contributed by atoms with Crippen molar-refractivity contribution in [3.8, 4) is 0 Å². The number of halogens is 1. The molecule has 1 rings (SSSR count). The molecule has 0 spiro atoms. The summed E-state index contributed by atoms with van der Waals surface area (Å²) in [6, 6.07) is 4.34. The van der Waals surface area contributed by atoms with E-state index in [1.54, 1.807) is 19.1 Å². The van der Waals surface area contributed by atoms with Crippen LogP contribution in [0.15, 0.2) is 18.2 Å². The highest BCUT2D eigenvalue weighted by molar-refractivity contribution is 6.31. The summed E-state index contributed by atoms with van der Waals surface area (Å²) in [6.45, 7) is 1.70. The van der Waals surface area contributed by atoms with E-state index in [4.69, 9.17) is 22.4 Å². The van der Waals surface area contributed by atoms with E-state index in [2.05, 4.69) is 0 Å². The first-order chi connectivity index (χ1) is 6.04. The molecule has 0 aliphatic carbocycles. The Morgan fingerprint density at radius 2 is 2.23 bits per heavy atom. The van der Waals surface area contributed by atoms with Crippen molar-refractivity contribution in [3.63, 3.8) is 0 Å². The number of carboxylic acid groups (broad SMARTS) is 1. The Bertz CT molecular complexity index is 336. The Labute approximate surface area is 81.1 Å². The molecule has 0 bridgehead atoms. The van der Waals surface area contributed by atoms with Gasteiger partial charge in [0.25, 0.3) is 0 Å². The van der Waals surface area contributed by atoms with Gasteiger partial charge >= 0.3 is 5.97 Å². The van der Waals surface area contributed by atoms with Gasteiger partial charge in [-0.3, -0.25) is 0 Å². The zero-order chi connectivity index (χ0) is 10.0. The first-order valence-corrected chi connectivity index (χ1v) is 4.19. The van der Waals surface area contributed by atoms with Gasteiger partial charge in [0.1, 0.15) is 0 Å². The van der Waals surface area contributed by atoms with Crippen molar-refractivity contribution in [2.45, 2.75) is 13.0 Å². The molecule has 0 unspecified atom stereocenters. The van der Waals surface area contributed by atoms with E-state index in [-0.39, 0.29) is 11.6 Å². The second kappa shape index (κ2) is 3.77. The molecule has 0 saturated heterocycles. The molecule has 70 valence electrons. The molecule has 4 heteroatoms. The van der Waals surface area contributed by atoms with E-state index in [9.17, 15) is 4.79 Å². The lowest BCUT2D eigenvalue weighted by molar-refractivity contribution is 0.0695. The standard InChI is InChI=1S/C9H10ClNO2/c1-5(11)8-6(9(12)13)3-2-4-7(8)10/h2-5H,11H2,1H3,(H,12,13)/t5-/m0/s1. The normalized spacial score (nSPS) is 12.5. The quantitative estimate of drug-likeness (QED) is 0.767. The van der Waals surface area contributed by atoms with Crippen LogP contribution < -0.4 is 5.73 Å². The van der Waals surface area contributed by atoms with Crippen molar-refractivity contribution in [2.75, 3.05) is 0 Å². The molecule has 1 aromatic rings. The summed E-state index contributed by atoms with van der Waals surface area (Å²) in [7, 11) is 0. The Morgan fingerprint density at radius 3 is 2.62 bits per heavy atom. The molecule has 1 atom stereocenters. The van der Waals surface area contributed by atoms with Gasteiger partial charge in [0.2, 0.25) is 0 Å². The van der Waals surface area contributed by atoms with E-state index in [0.717, 1.165) is 0 Å². The van der Waals surface area contributed by atoms with Crippen LogP contribution in [0, 0.1) is 0 Å². The highest BCUT2D eigenvalue weighted by atomic mass is 35.5. The third-order valence-electron chi connectivity index (χ3n) is 1.74. The maximum Gasteiger partial charge on any atom is 0.336 e. The molecule has 3 nitrogen and oxygen atoms in total. The van der Waals surface area contributed by atoms with Crippen LogP contribution >= 0.6 is 11.6 Å². The average molecular weight is 200 g/mol. The smallest absolute Gasteiger partial charge is 0.336 e. The molecule has 0 aliphatic rings. The zero-order valence-corrected chi connectivity index (χ0v) is 7.88. The summed E-state index contributed by atoms with van der Waals surface area (Å²) < 4.78 is 0. The fourth-order valence-electron chi connectivity index (χ4n) is 1.19. The molecular weight excluding hydrogens is 190 g/mol. The molecule has 0 aromatic heterocycles. The van der Waals surface area contributed by atoms with Gasteiger partial charge in [-0.15, -0.1) is 0 Å². The van der Waals surface area contributed by atoms with Crippen LogP contribution in [-0.4, -0.2) is 11.1 Å². The Balaban J connectivity index is 3.34. The highest BCUT2D eigenvalue weighted by Crippen LogP contribution is 2.25. The summed E-state index contributed by atoms with van der Waals surface area (Å²) in [5.74, 6) is -1.00. The lowest BCUT2D eigenvalue weighted by Gasteiger charge is -2.11. The first-order valence-electron chi connectivity index (χ1n) is 3.81. The Morgan fingerprint density at radius 1 is 1.62 bits per heavy atom. The summed E-state index contributed by atoms with van der Waals surface area (Å²) >= 11 is 5.83. The summed E-state index contributed by atoms with van der Waals surface area (Å²) in [4.78, 5) is 10.8. The number of carbonyl (C=O) groups is 1. The second-order valence-corrected chi connectivity index (χ2v) is 3.20. The minimum absolute atomic E-state index is 0.169. The number of hydrogen-bond acceptors (Lipinski definition) is 2. The second-order valence-electron chi connectivity index (χ2n) is 2.79. The minimum Gasteiger partial charge on any atom is -0.478 e. The van der Waals surface area contributed by atoms with Crippen LogP contribution in [0.1, 0.15) is 28.9 Å². The van der Waals surface area contributed by atoms with Crippen LogP contribution in [0.4, 0.5) is 0 Å². The Hall–Kier alpha value is -1.06. The van der Waals surface area contributed by atoms with Crippen LogP contribution in [0.25, 0.3) is 0 Å². The van der Waals surface area contributed by atoms with E-state index < -0.39 is 5.97 Å². The lowest BCUT2D eigenvalue weighted by atomic mass is 10.0. The molecule has 0 radical (unpaired) electrons. The van der Waals surface area contributed by atoms with Gasteiger partial charge in [-0.1, -0.05) is 17.7 Å². The van der Waals surface area contributed by atoms with Crippen molar-refractivity contribution < 1.29 is 9.90 Å². The third-order valence-corrected chi connectivity index (χ3v) is 2.07. The predicted molar refractivity (Wildman–Crippen MR) is 51.0 cm³/mol. The molecule has 1 aromatic carbocycles. The van der Waals surface area contributed by atoms with Crippen LogP contribution in [0.2, 0.25) is 5.02 Å². The molecule has 13 heavy (non-hydrogen) atoms. The van der Waals surface area contributed by atoms with Crippen molar-refractivity contribution in [1.82, 2.24) is 0 Å². The fraction of sp³-hybridized carbons (Fsp3) is 0.222. The summed E-state index contributed by atoms with van der Waals surface area (Å²) in [6.07, 6.45) is 0. The molecule has 0 fully saturated rings. The largest absolute Gasteiger partial charge is 0.478 e.